The smallest absolute Gasteiger partial charge is 0.264 e. The van der Waals surface area contributed by atoms with Crippen molar-refractivity contribution in [2.45, 2.75) is 32.7 Å². The van der Waals surface area contributed by atoms with E-state index >= 15 is 0 Å². The number of hydrogen-bond acceptors (Lipinski definition) is 4. The van der Waals surface area contributed by atoms with Crippen molar-refractivity contribution in [1.82, 2.24) is 10.2 Å². The zero-order valence-corrected chi connectivity index (χ0v) is 17.0. The molecule has 0 spiro atoms. The van der Waals surface area contributed by atoms with Gasteiger partial charge in [-0.25, -0.2) is 0 Å². The fourth-order valence-electron chi connectivity index (χ4n) is 3.91. The van der Waals surface area contributed by atoms with Crippen molar-refractivity contribution in [2.75, 3.05) is 26.3 Å². The van der Waals surface area contributed by atoms with Gasteiger partial charge in [-0.1, -0.05) is 24.3 Å². The molecule has 148 valence electrons. The summed E-state index contributed by atoms with van der Waals surface area (Å²) < 4.78 is 5.33. The number of rotatable bonds is 4. The highest BCUT2D eigenvalue weighted by Gasteiger charge is 2.28. The molecule has 1 atom stereocenters. The van der Waals surface area contributed by atoms with Crippen molar-refractivity contribution in [3.8, 4) is 0 Å². The van der Waals surface area contributed by atoms with Gasteiger partial charge in [-0.15, -0.1) is 11.3 Å². The molecule has 1 aliphatic carbocycles. The summed E-state index contributed by atoms with van der Waals surface area (Å²) >= 11 is 1.60. The van der Waals surface area contributed by atoms with Gasteiger partial charge in [-0.2, -0.15) is 0 Å². The molecule has 0 bridgehead atoms. The number of nitrogens with one attached hydrogen (secondary N) is 1. The summed E-state index contributed by atoms with van der Waals surface area (Å²) in [5.41, 5.74) is 3.52. The average Bonchev–Trinajstić information content (AvgIpc) is 3.16. The number of thiophene rings is 1. The molecule has 0 unspecified atom stereocenters. The summed E-state index contributed by atoms with van der Waals surface area (Å²) in [6, 6.07) is 10.1. The molecule has 4 rings (SSSR count). The highest BCUT2D eigenvalue weighted by Crippen LogP contribution is 2.33. The number of morpholine rings is 1. The predicted octanol–water partition coefficient (Wildman–Crippen LogP) is 2.95. The summed E-state index contributed by atoms with van der Waals surface area (Å²) in [7, 11) is 0. The van der Waals surface area contributed by atoms with Gasteiger partial charge in [-0.05, 0) is 48.9 Å². The lowest BCUT2D eigenvalue weighted by Crippen LogP contribution is -2.40. The summed E-state index contributed by atoms with van der Waals surface area (Å²) in [5.74, 6) is 0.196. The minimum absolute atomic E-state index is 0.0162. The second-order valence-corrected chi connectivity index (χ2v) is 8.68. The maximum atomic E-state index is 12.7. The number of fused-ring (bicyclic) bond motifs is 1. The summed E-state index contributed by atoms with van der Waals surface area (Å²) in [6.07, 6.45) is 2.44. The standard InChI is InChI=1S/C22H26N2O3S/c1-15-4-2-3-5-17(15)14-23-21(25)16-6-7-19-18(12-16)13-20(28-19)22(26)24-8-10-27-11-9-24/h2-5,13,16H,6-12,14H2,1H3,(H,23,25)/t16-/m1/s1. The number of nitrogens with zero attached hydrogens (tertiary/aromatic N) is 1. The molecule has 0 saturated carbocycles. The van der Waals surface area contributed by atoms with Crippen molar-refractivity contribution in [1.29, 1.82) is 0 Å². The molecule has 0 radical (unpaired) electrons. The normalized spacial score (nSPS) is 19.2. The quantitative estimate of drug-likeness (QED) is 0.862. The molecule has 1 aliphatic heterocycles. The lowest BCUT2D eigenvalue weighted by Gasteiger charge is -2.26. The van der Waals surface area contributed by atoms with Crippen LogP contribution in [0.25, 0.3) is 0 Å². The van der Waals surface area contributed by atoms with Crippen LogP contribution in [0.2, 0.25) is 0 Å². The fraction of sp³-hybridized carbons (Fsp3) is 0.455. The van der Waals surface area contributed by atoms with Crippen LogP contribution in [-0.2, 0) is 28.9 Å². The van der Waals surface area contributed by atoms with Crippen LogP contribution in [0.3, 0.4) is 0 Å². The van der Waals surface area contributed by atoms with Crippen LogP contribution in [-0.4, -0.2) is 43.0 Å². The molecule has 2 amide bonds. The Balaban J connectivity index is 1.37. The van der Waals surface area contributed by atoms with Crippen LogP contribution in [0.1, 0.15) is 37.7 Å². The Labute approximate surface area is 169 Å². The molecule has 1 aromatic heterocycles. The molecule has 1 aromatic carbocycles. The van der Waals surface area contributed by atoms with Crippen molar-refractivity contribution in [3.05, 3.63) is 56.8 Å². The number of carbonyl (C=O) groups excluding carboxylic acids is 2. The first-order valence-corrected chi connectivity index (χ1v) is 10.7. The maximum absolute atomic E-state index is 12.7. The summed E-state index contributed by atoms with van der Waals surface area (Å²) in [4.78, 5) is 29.3. The van der Waals surface area contributed by atoms with Crippen LogP contribution in [0.4, 0.5) is 0 Å². The number of benzene rings is 1. The van der Waals surface area contributed by atoms with Crippen LogP contribution < -0.4 is 5.32 Å². The number of amides is 2. The van der Waals surface area contributed by atoms with Crippen LogP contribution in [0.15, 0.2) is 30.3 Å². The fourth-order valence-corrected chi connectivity index (χ4v) is 5.09. The third-order valence-electron chi connectivity index (χ3n) is 5.68. The second kappa shape index (κ2) is 8.45. The molecule has 1 saturated heterocycles. The Bertz CT molecular complexity index is 870. The van der Waals surface area contributed by atoms with E-state index in [1.54, 1.807) is 11.3 Å². The van der Waals surface area contributed by atoms with Crippen LogP contribution >= 0.6 is 11.3 Å². The van der Waals surface area contributed by atoms with E-state index in [2.05, 4.69) is 24.4 Å². The van der Waals surface area contributed by atoms with Gasteiger partial charge in [0.2, 0.25) is 5.91 Å². The van der Waals surface area contributed by atoms with Gasteiger partial charge in [0.15, 0.2) is 0 Å². The van der Waals surface area contributed by atoms with Gasteiger partial charge >= 0.3 is 0 Å². The van der Waals surface area contributed by atoms with Gasteiger partial charge in [0.1, 0.15) is 0 Å². The van der Waals surface area contributed by atoms with Gasteiger partial charge in [-0.3, -0.25) is 9.59 Å². The zero-order valence-electron chi connectivity index (χ0n) is 16.2. The number of aryl methyl sites for hydroxylation is 2. The molecular formula is C22H26N2O3S. The lowest BCUT2D eigenvalue weighted by molar-refractivity contribution is -0.125. The maximum Gasteiger partial charge on any atom is 0.264 e. The van der Waals surface area contributed by atoms with E-state index in [1.807, 2.05) is 23.1 Å². The minimum Gasteiger partial charge on any atom is -0.378 e. The first-order chi connectivity index (χ1) is 13.6. The van der Waals surface area contributed by atoms with Crippen molar-refractivity contribution < 1.29 is 14.3 Å². The average molecular weight is 399 g/mol. The Morgan fingerprint density at radius 3 is 2.82 bits per heavy atom. The van der Waals surface area contributed by atoms with E-state index in [9.17, 15) is 9.59 Å². The molecule has 5 nitrogen and oxygen atoms in total. The number of hydrogen-bond donors (Lipinski definition) is 1. The largest absolute Gasteiger partial charge is 0.378 e. The van der Waals surface area contributed by atoms with Crippen molar-refractivity contribution in [2.24, 2.45) is 5.92 Å². The van der Waals surface area contributed by atoms with Crippen molar-refractivity contribution in [3.63, 3.8) is 0 Å². The van der Waals surface area contributed by atoms with Crippen LogP contribution in [0.5, 0.6) is 0 Å². The third kappa shape index (κ3) is 4.13. The van der Waals surface area contributed by atoms with Gasteiger partial charge in [0.05, 0.1) is 18.1 Å². The number of ether oxygens (including phenoxy) is 1. The van der Waals surface area contributed by atoms with Gasteiger partial charge < -0.3 is 15.0 Å². The van der Waals surface area contributed by atoms with Crippen LogP contribution in [0, 0.1) is 12.8 Å². The van der Waals surface area contributed by atoms with Gasteiger partial charge in [0, 0.05) is 30.4 Å². The Morgan fingerprint density at radius 1 is 1.25 bits per heavy atom. The van der Waals surface area contributed by atoms with Gasteiger partial charge in [0.25, 0.3) is 5.91 Å². The van der Waals surface area contributed by atoms with E-state index in [-0.39, 0.29) is 17.7 Å². The molecule has 1 N–H and O–H groups in total. The highest BCUT2D eigenvalue weighted by molar-refractivity contribution is 7.14. The first-order valence-electron chi connectivity index (χ1n) is 9.92. The van der Waals surface area contributed by atoms with E-state index in [4.69, 9.17) is 4.74 Å². The summed E-state index contributed by atoms with van der Waals surface area (Å²) in [5, 5.41) is 3.10. The molecule has 2 aliphatic rings. The molecule has 28 heavy (non-hydrogen) atoms. The lowest BCUT2D eigenvalue weighted by atomic mass is 9.87. The number of carbonyl (C=O) groups is 2. The molecule has 2 aromatic rings. The summed E-state index contributed by atoms with van der Waals surface area (Å²) in [6.45, 7) is 5.17. The predicted molar refractivity (Wildman–Crippen MR) is 110 cm³/mol. The molecule has 1 fully saturated rings. The van der Waals surface area contributed by atoms with E-state index < -0.39 is 0 Å². The van der Waals surface area contributed by atoms with E-state index in [0.717, 1.165) is 29.7 Å². The topological polar surface area (TPSA) is 58.6 Å². The Morgan fingerprint density at radius 2 is 2.04 bits per heavy atom. The third-order valence-corrected chi connectivity index (χ3v) is 6.90. The van der Waals surface area contributed by atoms with E-state index in [0.29, 0.717) is 32.8 Å². The van der Waals surface area contributed by atoms with Crippen molar-refractivity contribution >= 4 is 23.2 Å². The Hall–Kier alpha value is -2.18. The molecule has 2 heterocycles. The minimum atomic E-state index is -0.0162. The SMILES string of the molecule is Cc1ccccc1CNC(=O)[C@@H]1CCc2sc(C(=O)N3CCOCC3)cc2C1. The monoisotopic (exact) mass is 398 g/mol. The Kier molecular flexibility index (Phi) is 5.78. The highest BCUT2D eigenvalue weighted by atomic mass is 32.1. The van der Waals surface area contributed by atoms with E-state index in [1.165, 1.54) is 16.0 Å². The first kappa shape index (κ1) is 19.2. The second-order valence-electron chi connectivity index (χ2n) is 7.55. The zero-order chi connectivity index (χ0) is 19.5. The molecular weight excluding hydrogens is 372 g/mol. The molecule has 6 heteroatoms.